The molecule has 0 unspecified atom stereocenters. The molecule has 0 aliphatic carbocycles. The largest absolute Gasteiger partial charge is 0.506 e. The van der Waals surface area contributed by atoms with Crippen LogP contribution < -0.4 is 5.59 Å². The van der Waals surface area contributed by atoms with E-state index >= 15 is 0 Å². The number of nitrogens with zero attached hydrogens (tertiary/aromatic N) is 2. The molecule has 0 bridgehead atoms. The quantitative estimate of drug-likeness (QED) is 0.753. The molecule has 0 fully saturated rings. The van der Waals surface area contributed by atoms with Crippen molar-refractivity contribution < 1.29 is 19.6 Å². The number of aryl methyl sites for hydroxylation is 1. The van der Waals surface area contributed by atoms with Crippen LogP contribution in [0, 0.1) is 6.92 Å². The van der Waals surface area contributed by atoms with Gasteiger partial charge in [-0.2, -0.15) is 0 Å². The van der Waals surface area contributed by atoms with E-state index < -0.39 is 18.8 Å². The zero-order chi connectivity index (χ0) is 15.1. The van der Waals surface area contributed by atoms with E-state index in [1.807, 2.05) is 6.92 Å². The Bertz CT molecular complexity index is 658. The van der Waals surface area contributed by atoms with Gasteiger partial charge in [-0.05, 0) is 45.9 Å². The van der Waals surface area contributed by atoms with E-state index in [9.17, 15) is 14.8 Å². The molecule has 0 aromatic carbocycles. The van der Waals surface area contributed by atoms with E-state index in [2.05, 4.69) is 4.98 Å². The molecule has 6 nitrogen and oxygen atoms in total. The van der Waals surface area contributed by atoms with Crippen LogP contribution in [0.5, 0.6) is 0 Å². The van der Waals surface area contributed by atoms with Crippen molar-refractivity contribution in [3.8, 4) is 0 Å². The van der Waals surface area contributed by atoms with Crippen molar-refractivity contribution in [1.29, 1.82) is 0 Å². The van der Waals surface area contributed by atoms with Gasteiger partial charge in [0.05, 0.1) is 16.6 Å². The lowest BCUT2D eigenvalue weighted by Crippen LogP contribution is -2.40. The molecular weight excluding hydrogens is 259 g/mol. The van der Waals surface area contributed by atoms with Crippen LogP contribution in [0.15, 0.2) is 18.2 Å². The van der Waals surface area contributed by atoms with Gasteiger partial charge in [0.25, 0.3) is 0 Å². The average molecular weight is 276 g/mol. The standard InChI is InChI=1S/C13H17BN2O4/c1-8-5-6-10-9(15-8)7-11(14(18)19)16(10)12(17)20-13(2,3)4/h5-7,18-19H,1-4H3. The number of hydrogen-bond acceptors (Lipinski definition) is 5. The van der Waals surface area contributed by atoms with Crippen molar-refractivity contribution >= 4 is 29.8 Å². The summed E-state index contributed by atoms with van der Waals surface area (Å²) in [5.41, 5.74) is 1.13. The van der Waals surface area contributed by atoms with Crippen LogP contribution in [0.2, 0.25) is 0 Å². The van der Waals surface area contributed by atoms with Crippen LogP contribution in [0.25, 0.3) is 11.0 Å². The molecule has 2 rings (SSSR count). The molecule has 7 heteroatoms. The molecule has 2 aromatic heterocycles. The lowest BCUT2D eigenvalue weighted by molar-refractivity contribution is 0.0547. The molecule has 0 radical (unpaired) electrons. The summed E-state index contributed by atoms with van der Waals surface area (Å²) < 4.78 is 6.42. The van der Waals surface area contributed by atoms with E-state index in [1.165, 1.54) is 6.07 Å². The predicted octanol–water partition coefficient (Wildman–Crippen LogP) is 0.808. The van der Waals surface area contributed by atoms with E-state index in [1.54, 1.807) is 32.9 Å². The molecule has 0 atom stereocenters. The topological polar surface area (TPSA) is 84.6 Å². The fourth-order valence-electron chi connectivity index (χ4n) is 1.91. The normalized spacial score (nSPS) is 11.7. The number of ether oxygens (including phenoxy) is 1. The fourth-order valence-corrected chi connectivity index (χ4v) is 1.91. The second-order valence-electron chi connectivity index (χ2n) is 5.62. The van der Waals surface area contributed by atoms with Crippen LogP contribution in [-0.4, -0.2) is 38.4 Å². The summed E-state index contributed by atoms with van der Waals surface area (Å²) >= 11 is 0. The van der Waals surface area contributed by atoms with Crippen molar-refractivity contribution in [2.24, 2.45) is 0 Å². The average Bonchev–Trinajstić information content (AvgIpc) is 2.64. The SMILES string of the molecule is Cc1ccc2c(cc(B(O)O)n2C(=O)OC(C)(C)C)n1. The number of pyridine rings is 1. The van der Waals surface area contributed by atoms with Crippen LogP contribution in [0.4, 0.5) is 4.79 Å². The van der Waals surface area contributed by atoms with E-state index in [0.717, 1.165) is 10.3 Å². The molecule has 0 amide bonds. The van der Waals surface area contributed by atoms with Gasteiger partial charge in [0.1, 0.15) is 5.60 Å². The van der Waals surface area contributed by atoms with Crippen LogP contribution in [0.3, 0.4) is 0 Å². The number of fused-ring (bicyclic) bond motifs is 1. The van der Waals surface area contributed by atoms with Crippen molar-refractivity contribution in [3.63, 3.8) is 0 Å². The molecule has 106 valence electrons. The van der Waals surface area contributed by atoms with Crippen molar-refractivity contribution in [2.75, 3.05) is 0 Å². The summed E-state index contributed by atoms with van der Waals surface area (Å²) in [4.78, 5) is 16.5. The second kappa shape index (κ2) is 4.92. The van der Waals surface area contributed by atoms with Crippen LogP contribution in [0.1, 0.15) is 26.5 Å². The number of carbonyl (C=O) groups excluding carboxylic acids is 1. The molecule has 2 aromatic rings. The summed E-state index contributed by atoms with van der Waals surface area (Å²) in [6.45, 7) is 7.05. The van der Waals surface area contributed by atoms with Crippen molar-refractivity contribution in [1.82, 2.24) is 9.55 Å². The third-order valence-electron chi connectivity index (χ3n) is 2.67. The Morgan fingerprint density at radius 3 is 2.55 bits per heavy atom. The molecule has 0 spiro atoms. The Labute approximate surface area is 117 Å². The van der Waals surface area contributed by atoms with E-state index in [4.69, 9.17) is 4.74 Å². The van der Waals surface area contributed by atoms with Gasteiger partial charge in [0.2, 0.25) is 0 Å². The third-order valence-corrected chi connectivity index (χ3v) is 2.67. The van der Waals surface area contributed by atoms with Gasteiger partial charge in [0, 0.05) is 5.69 Å². The minimum atomic E-state index is -1.78. The Morgan fingerprint density at radius 1 is 1.35 bits per heavy atom. The second-order valence-corrected chi connectivity index (χ2v) is 5.62. The van der Waals surface area contributed by atoms with Crippen LogP contribution >= 0.6 is 0 Å². The molecule has 2 N–H and O–H groups in total. The molecule has 0 saturated heterocycles. The highest BCUT2D eigenvalue weighted by Gasteiger charge is 2.27. The summed E-state index contributed by atoms with van der Waals surface area (Å²) in [5, 5.41) is 18.8. The van der Waals surface area contributed by atoms with Gasteiger partial charge < -0.3 is 14.8 Å². The maximum atomic E-state index is 12.2. The van der Waals surface area contributed by atoms with Gasteiger partial charge in [-0.3, -0.25) is 9.55 Å². The number of hydrogen-bond donors (Lipinski definition) is 2. The van der Waals surface area contributed by atoms with Gasteiger partial charge >= 0.3 is 13.2 Å². The van der Waals surface area contributed by atoms with Crippen molar-refractivity contribution in [3.05, 3.63) is 23.9 Å². The third kappa shape index (κ3) is 2.83. The molecular formula is C13H17BN2O4. The van der Waals surface area contributed by atoms with Gasteiger partial charge in [-0.1, -0.05) is 0 Å². The maximum absolute atomic E-state index is 12.2. The predicted molar refractivity (Wildman–Crippen MR) is 75.9 cm³/mol. The smallest absolute Gasteiger partial charge is 0.443 e. The lowest BCUT2D eigenvalue weighted by Gasteiger charge is -2.20. The van der Waals surface area contributed by atoms with Crippen LogP contribution in [-0.2, 0) is 4.74 Å². The number of rotatable bonds is 1. The Hall–Kier alpha value is -1.86. The summed E-state index contributed by atoms with van der Waals surface area (Å²) in [7, 11) is -1.78. The van der Waals surface area contributed by atoms with E-state index in [0.29, 0.717) is 11.0 Å². The fraction of sp³-hybridized carbons (Fsp3) is 0.385. The van der Waals surface area contributed by atoms with Crippen molar-refractivity contribution in [2.45, 2.75) is 33.3 Å². The van der Waals surface area contributed by atoms with E-state index in [-0.39, 0.29) is 5.59 Å². The van der Waals surface area contributed by atoms with Gasteiger partial charge in [-0.25, -0.2) is 4.79 Å². The highest BCUT2D eigenvalue weighted by molar-refractivity contribution is 6.58. The Morgan fingerprint density at radius 2 is 2.00 bits per heavy atom. The first-order valence-corrected chi connectivity index (χ1v) is 6.27. The summed E-state index contributed by atoms with van der Waals surface area (Å²) in [5.74, 6) is 0. The first-order chi connectivity index (χ1) is 9.19. The first-order valence-electron chi connectivity index (χ1n) is 6.27. The molecule has 2 heterocycles. The maximum Gasteiger partial charge on any atom is 0.506 e. The highest BCUT2D eigenvalue weighted by atomic mass is 16.6. The van der Waals surface area contributed by atoms with Gasteiger partial charge in [-0.15, -0.1) is 0 Å². The molecule has 20 heavy (non-hydrogen) atoms. The minimum Gasteiger partial charge on any atom is -0.443 e. The highest BCUT2D eigenvalue weighted by Crippen LogP contribution is 2.16. The summed E-state index contributed by atoms with van der Waals surface area (Å²) in [6.07, 6.45) is -0.666. The lowest BCUT2D eigenvalue weighted by atomic mass is 9.86. The molecule has 0 aliphatic rings. The summed E-state index contributed by atoms with van der Waals surface area (Å²) in [6, 6.07) is 4.92. The number of carbonyl (C=O) groups is 1. The zero-order valence-electron chi connectivity index (χ0n) is 11.9. The molecule has 0 aliphatic heterocycles. The molecule has 0 saturated carbocycles. The Kier molecular flexibility index (Phi) is 3.58. The minimum absolute atomic E-state index is 0.0346. The number of aromatic nitrogens is 2. The first kappa shape index (κ1) is 14.6. The van der Waals surface area contributed by atoms with Gasteiger partial charge in [0.15, 0.2) is 0 Å². The monoisotopic (exact) mass is 276 g/mol. The Balaban J connectivity index is 2.60. The zero-order valence-corrected chi connectivity index (χ0v) is 11.9.